The third-order valence-corrected chi connectivity index (χ3v) is 10.6. The largest absolute Gasteiger partial charge is 0.458 e. The second-order valence-electron chi connectivity index (χ2n) is 13.2. The lowest BCUT2D eigenvalue weighted by molar-refractivity contribution is -0.246. The van der Waals surface area contributed by atoms with Crippen LogP contribution in [0.3, 0.4) is 0 Å². The van der Waals surface area contributed by atoms with Gasteiger partial charge in [0, 0.05) is 23.2 Å². The molecule has 0 aromatic carbocycles. The molecule has 1 saturated heterocycles. The second kappa shape index (κ2) is 9.59. The molecule has 5 aliphatic rings. The van der Waals surface area contributed by atoms with Crippen LogP contribution in [0.2, 0.25) is 0 Å². The van der Waals surface area contributed by atoms with Crippen molar-refractivity contribution in [3.05, 3.63) is 23.8 Å². The molecule has 8 heteroatoms. The zero-order valence-corrected chi connectivity index (χ0v) is 23.9. The summed E-state index contributed by atoms with van der Waals surface area (Å²) in [5, 5.41) is 11.6. The Balaban J connectivity index is 1.45. The van der Waals surface area contributed by atoms with Crippen molar-refractivity contribution in [3.63, 3.8) is 0 Å². The van der Waals surface area contributed by atoms with Crippen LogP contribution in [-0.4, -0.2) is 58.5 Å². The van der Waals surface area contributed by atoms with Crippen molar-refractivity contribution in [2.45, 2.75) is 122 Å². The summed E-state index contributed by atoms with van der Waals surface area (Å²) in [4.78, 5) is 38.5. The Hall–Kier alpha value is -1.90. The summed E-state index contributed by atoms with van der Waals surface area (Å²) in [5.74, 6) is -2.93. The molecule has 0 unspecified atom stereocenters. The van der Waals surface area contributed by atoms with Crippen molar-refractivity contribution in [2.75, 3.05) is 6.61 Å². The summed E-state index contributed by atoms with van der Waals surface area (Å²) in [6.07, 6.45) is 7.85. The van der Waals surface area contributed by atoms with Crippen molar-refractivity contribution in [3.8, 4) is 0 Å². The van der Waals surface area contributed by atoms with Crippen molar-refractivity contribution >= 4 is 17.5 Å². The average Bonchev–Trinajstić information content (AvgIpc) is 3.27. The molecular formula is C31H43FO7. The highest BCUT2D eigenvalue weighted by atomic mass is 19.1. The normalized spacial score (nSPS) is 43.7. The number of allylic oxidation sites excluding steroid dienone is 4. The van der Waals surface area contributed by atoms with Gasteiger partial charge in [-0.3, -0.25) is 14.4 Å². The molecule has 1 aliphatic heterocycles. The number of esters is 1. The molecule has 5 rings (SSSR count). The number of alkyl halides is 1. The summed E-state index contributed by atoms with van der Waals surface area (Å²) in [7, 11) is 0. The van der Waals surface area contributed by atoms with Crippen LogP contribution in [0.5, 0.6) is 0 Å². The van der Waals surface area contributed by atoms with Gasteiger partial charge < -0.3 is 19.3 Å². The third kappa shape index (κ3) is 4.03. The highest BCUT2D eigenvalue weighted by Gasteiger charge is 2.80. The molecular weight excluding hydrogens is 503 g/mol. The van der Waals surface area contributed by atoms with E-state index in [-0.39, 0.29) is 24.5 Å². The van der Waals surface area contributed by atoms with Gasteiger partial charge >= 0.3 is 5.97 Å². The van der Waals surface area contributed by atoms with Crippen LogP contribution in [0.15, 0.2) is 23.8 Å². The van der Waals surface area contributed by atoms with E-state index < -0.39 is 64.4 Å². The molecule has 4 aliphatic carbocycles. The van der Waals surface area contributed by atoms with Crippen LogP contribution in [-0.2, 0) is 28.6 Å². The van der Waals surface area contributed by atoms with Gasteiger partial charge in [0.15, 0.2) is 29.4 Å². The summed E-state index contributed by atoms with van der Waals surface area (Å²) >= 11 is 0. The fraction of sp³-hybridized carbons (Fsp3) is 0.774. The fourth-order valence-electron chi connectivity index (χ4n) is 8.83. The minimum Gasteiger partial charge on any atom is -0.458 e. The van der Waals surface area contributed by atoms with Crippen LogP contribution >= 0.6 is 0 Å². The summed E-state index contributed by atoms with van der Waals surface area (Å²) in [6.45, 7) is 8.83. The molecule has 8 atom stereocenters. The lowest BCUT2D eigenvalue weighted by atomic mass is 9.44. The van der Waals surface area contributed by atoms with Crippen molar-refractivity contribution in [1.82, 2.24) is 0 Å². The molecule has 0 bridgehead atoms. The second-order valence-corrected chi connectivity index (χ2v) is 13.2. The number of carbonyl (C=O) groups excluding carboxylic acids is 3. The number of Topliss-reactive ketones (excluding diaryl/α,β-unsaturated/α-hetero) is 1. The number of unbranched alkanes of at least 4 members (excludes halogenated alkanes) is 3. The molecule has 39 heavy (non-hydrogen) atoms. The zero-order valence-electron chi connectivity index (χ0n) is 23.9. The van der Waals surface area contributed by atoms with Gasteiger partial charge in [0.25, 0.3) is 0 Å². The number of fused-ring (bicyclic) bond motifs is 7. The molecule has 1 N–H and O–H groups in total. The Labute approximate surface area is 230 Å². The first-order valence-corrected chi connectivity index (χ1v) is 14.6. The van der Waals surface area contributed by atoms with Gasteiger partial charge in [-0.1, -0.05) is 44.8 Å². The predicted octanol–water partition coefficient (Wildman–Crippen LogP) is 4.94. The van der Waals surface area contributed by atoms with E-state index in [0.29, 0.717) is 31.3 Å². The molecule has 0 aromatic heterocycles. The van der Waals surface area contributed by atoms with E-state index in [2.05, 4.69) is 6.92 Å². The van der Waals surface area contributed by atoms with E-state index in [0.717, 1.165) is 19.3 Å². The molecule has 0 amide bonds. The average molecular weight is 547 g/mol. The number of aliphatic hydroxyl groups is 1. The Morgan fingerprint density at radius 1 is 1.15 bits per heavy atom. The molecule has 3 saturated carbocycles. The Morgan fingerprint density at radius 3 is 2.62 bits per heavy atom. The first kappa shape index (κ1) is 28.6. The van der Waals surface area contributed by atoms with E-state index >= 15 is 4.39 Å². The number of hydrogen-bond donors (Lipinski definition) is 1. The highest BCUT2D eigenvalue weighted by molar-refractivity contribution is 6.01. The van der Waals surface area contributed by atoms with Gasteiger partial charge in [0.1, 0.15) is 0 Å². The molecule has 0 aromatic rings. The van der Waals surface area contributed by atoms with Crippen molar-refractivity contribution in [2.24, 2.45) is 22.7 Å². The van der Waals surface area contributed by atoms with E-state index in [1.807, 2.05) is 6.92 Å². The standard InChI is InChI=1S/C31H43FO7/c1-6-7-8-9-10-26(36)37-18-24(35)31-25(38-27(2,3)39-31)16-22-21-12-11-19-15-20(33)13-14-28(19,4)30(21,32)23(34)17-29(22,31)5/h13-15,21-23,25,34H,6-12,16-18H2,1-5H3/t21-,22-,23-,25+,28-,29-,30-,31+/m0/s1. The number of carbonyl (C=O) groups is 3. The van der Waals surface area contributed by atoms with Gasteiger partial charge in [-0.05, 0) is 70.9 Å². The molecule has 4 fully saturated rings. The molecule has 0 spiro atoms. The van der Waals surface area contributed by atoms with Gasteiger partial charge in [-0.25, -0.2) is 4.39 Å². The minimum atomic E-state index is -2.01. The van der Waals surface area contributed by atoms with Gasteiger partial charge in [0.05, 0.1) is 12.2 Å². The first-order valence-electron chi connectivity index (χ1n) is 14.6. The van der Waals surface area contributed by atoms with Crippen LogP contribution < -0.4 is 0 Å². The van der Waals surface area contributed by atoms with E-state index in [1.54, 1.807) is 26.8 Å². The zero-order chi connectivity index (χ0) is 28.4. The lowest BCUT2D eigenvalue weighted by Gasteiger charge is -2.62. The van der Waals surface area contributed by atoms with Gasteiger partial charge in [-0.15, -0.1) is 0 Å². The topological polar surface area (TPSA) is 99.1 Å². The SMILES string of the molecule is CCCCCCC(=O)OCC(=O)[C@@]12OC(C)(C)O[C@@H]1C[C@H]1[C@@H]3CCC4=CC(=O)C=C[C@]4(C)[C@@]3(F)[C@@H](O)C[C@@]12C. The third-order valence-electron chi connectivity index (χ3n) is 10.6. The molecule has 0 radical (unpaired) electrons. The molecule has 216 valence electrons. The fourth-order valence-corrected chi connectivity index (χ4v) is 8.83. The number of halogens is 1. The van der Waals surface area contributed by atoms with Crippen LogP contribution in [0.1, 0.15) is 92.4 Å². The Kier molecular flexibility index (Phi) is 7.04. The number of hydrogen-bond acceptors (Lipinski definition) is 7. The van der Waals surface area contributed by atoms with Crippen molar-refractivity contribution < 1.29 is 38.1 Å². The van der Waals surface area contributed by atoms with Crippen molar-refractivity contribution in [1.29, 1.82) is 0 Å². The Morgan fingerprint density at radius 2 is 1.90 bits per heavy atom. The van der Waals surface area contributed by atoms with E-state index in [1.165, 1.54) is 12.2 Å². The highest BCUT2D eigenvalue weighted by Crippen LogP contribution is 2.72. The monoisotopic (exact) mass is 546 g/mol. The summed E-state index contributed by atoms with van der Waals surface area (Å²) < 4.78 is 35.7. The Bertz CT molecular complexity index is 1110. The smallest absolute Gasteiger partial charge is 0.306 e. The maximum Gasteiger partial charge on any atom is 0.306 e. The summed E-state index contributed by atoms with van der Waals surface area (Å²) in [6, 6.07) is 0. The maximum atomic E-state index is 17.5. The minimum absolute atomic E-state index is 0.0119. The maximum absolute atomic E-state index is 17.5. The van der Waals surface area contributed by atoms with Crippen LogP contribution in [0, 0.1) is 22.7 Å². The van der Waals surface area contributed by atoms with E-state index in [4.69, 9.17) is 14.2 Å². The number of ketones is 2. The van der Waals surface area contributed by atoms with Crippen LogP contribution in [0.25, 0.3) is 0 Å². The first-order chi connectivity index (χ1) is 18.2. The number of aliphatic hydroxyl groups excluding tert-OH is 1. The van der Waals surface area contributed by atoms with Crippen LogP contribution in [0.4, 0.5) is 4.39 Å². The van der Waals surface area contributed by atoms with Gasteiger partial charge in [0.2, 0.25) is 5.78 Å². The summed E-state index contributed by atoms with van der Waals surface area (Å²) in [5.41, 5.74) is -4.84. The lowest BCUT2D eigenvalue weighted by Crippen LogP contribution is -2.70. The molecule has 7 nitrogen and oxygen atoms in total. The molecule has 1 heterocycles. The quantitative estimate of drug-likeness (QED) is 0.340. The van der Waals surface area contributed by atoms with E-state index in [9.17, 15) is 19.5 Å². The van der Waals surface area contributed by atoms with Gasteiger partial charge in [-0.2, -0.15) is 0 Å². The predicted molar refractivity (Wildman–Crippen MR) is 141 cm³/mol. The number of ether oxygens (including phenoxy) is 3. The number of rotatable bonds is 8.